The summed E-state index contributed by atoms with van der Waals surface area (Å²) in [7, 11) is -3.53. The van der Waals surface area contributed by atoms with Crippen molar-refractivity contribution in [2.45, 2.75) is 12.8 Å². The lowest BCUT2D eigenvalue weighted by molar-refractivity contribution is -0.116. The number of benzene rings is 3. The van der Waals surface area contributed by atoms with E-state index in [4.69, 9.17) is 16.0 Å². The average molecular weight is 457 g/mol. The Hall–Kier alpha value is -3.03. The molecule has 160 valence electrons. The van der Waals surface area contributed by atoms with Crippen molar-refractivity contribution >= 4 is 60.8 Å². The molecule has 0 saturated heterocycles. The Kier molecular flexibility index (Phi) is 5.89. The maximum atomic E-state index is 12.4. The second-order valence-electron chi connectivity index (χ2n) is 7.25. The van der Waals surface area contributed by atoms with Crippen LogP contribution in [0.4, 0.5) is 11.4 Å². The molecule has 4 rings (SSSR count). The van der Waals surface area contributed by atoms with Crippen molar-refractivity contribution in [1.82, 2.24) is 0 Å². The monoisotopic (exact) mass is 456 g/mol. The number of amides is 1. The summed E-state index contributed by atoms with van der Waals surface area (Å²) in [5, 5.41) is 5.20. The molecule has 6 nitrogen and oxygen atoms in total. The fourth-order valence-corrected chi connectivity index (χ4v) is 4.79. The molecule has 4 aromatic rings. The van der Waals surface area contributed by atoms with E-state index in [0.717, 1.165) is 22.6 Å². The van der Waals surface area contributed by atoms with Gasteiger partial charge in [0.2, 0.25) is 15.9 Å². The highest BCUT2D eigenvalue weighted by Gasteiger charge is 2.20. The van der Waals surface area contributed by atoms with E-state index in [2.05, 4.69) is 5.32 Å². The van der Waals surface area contributed by atoms with Crippen LogP contribution in [-0.2, 0) is 14.8 Å². The van der Waals surface area contributed by atoms with Crippen molar-refractivity contribution in [1.29, 1.82) is 0 Å². The summed E-state index contributed by atoms with van der Waals surface area (Å²) in [5.74, 6) is -0.205. The summed E-state index contributed by atoms with van der Waals surface area (Å²) in [6, 6.07) is 20.0. The van der Waals surface area contributed by atoms with E-state index in [-0.39, 0.29) is 18.9 Å². The highest BCUT2D eigenvalue weighted by Crippen LogP contribution is 2.30. The van der Waals surface area contributed by atoms with E-state index in [0.29, 0.717) is 28.4 Å². The number of furan rings is 1. The molecule has 0 atom stereocenters. The van der Waals surface area contributed by atoms with Gasteiger partial charge in [0.15, 0.2) is 0 Å². The molecule has 3 aromatic carbocycles. The molecule has 0 bridgehead atoms. The van der Waals surface area contributed by atoms with Gasteiger partial charge in [-0.05, 0) is 36.8 Å². The predicted octanol–water partition coefficient (Wildman–Crippen LogP) is 5.42. The molecule has 1 aromatic heterocycles. The fraction of sp³-hybridized carbons (Fsp3) is 0.174. The Balaban J connectivity index is 1.41. The molecule has 1 heterocycles. The molecule has 0 aliphatic heterocycles. The van der Waals surface area contributed by atoms with Gasteiger partial charge in [0.05, 0.1) is 17.0 Å². The van der Waals surface area contributed by atoms with Crippen LogP contribution in [0.25, 0.3) is 21.9 Å². The second-order valence-corrected chi connectivity index (χ2v) is 9.56. The van der Waals surface area contributed by atoms with Gasteiger partial charge in [-0.25, -0.2) is 8.42 Å². The largest absolute Gasteiger partial charge is 0.456 e. The number of sulfonamides is 1. The second kappa shape index (κ2) is 8.61. The lowest BCUT2D eigenvalue weighted by Gasteiger charge is -2.23. The number of hydrogen-bond acceptors (Lipinski definition) is 4. The van der Waals surface area contributed by atoms with Crippen molar-refractivity contribution in [3.63, 3.8) is 0 Å². The Morgan fingerprint density at radius 1 is 1.00 bits per heavy atom. The van der Waals surface area contributed by atoms with Crippen LogP contribution in [0.15, 0.2) is 71.1 Å². The van der Waals surface area contributed by atoms with Crippen molar-refractivity contribution in [2.75, 3.05) is 22.4 Å². The number of carbonyl (C=O) groups is 1. The van der Waals surface area contributed by atoms with Crippen molar-refractivity contribution in [2.24, 2.45) is 0 Å². The zero-order valence-electron chi connectivity index (χ0n) is 16.8. The summed E-state index contributed by atoms with van der Waals surface area (Å²) in [5.41, 5.74) is 2.52. The maximum absolute atomic E-state index is 12.4. The number of hydrogen-bond donors (Lipinski definition) is 1. The minimum atomic E-state index is -3.53. The number of carbonyl (C=O) groups excluding carboxylic acids is 1. The third kappa shape index (κ3) is 4.68. The maximum Gasteiger partial charge on any atom is 0.232 e. The molecular formula is C23H21ClN2O4S. The fourth-order valence-electron chi connectivity index (χ4n) is 3.53. The third-order valence-electron chi connectivity index (χ3n) is 4.95. The number of halogens is 1. The van der Waals surface area contributed by atoms with Gasteiger partial charge in [-0.15, -0.1) is 0 Å². The SMILES string of the molecule is CS(=O)(=O)N(CCCC(=O)Nc1ccc2c(c1)oc1ccccc12)c1ccccc1Cl. The molecule has 0 spiro atoms. The minimum absolute atomic E-state index is 0.151. The Morgan fingerprint density at radius 2 is 1.71 bits per heavy atom. The van der Waals surface area contributed by atoms with Gasteiger partial charge in [0, 0.05) is 35.5 Å². The topological polar surface area (TPSA) is 79.6 Å². The van der Waals surface area contributed by atoms with Crippen LogP contribution in [0, 0.1) is 0 Å². The van der Waals surface area contributed by atoms with E-state index in [1.165, 1.54) is 4.31 Å². The number of nitrogens with zero attached hydrogens (tertiary/aromatic N) is 1. The lowest BCUT2D eigenvalue weighted by atomic mass is 10.1. The number of fused-ring (bicyclic) bond motifs is 3. The quantitative estimate of drug-likeness (QED) is 0.402. The van der Waals surface area contributed by atoms with Gasteiger partial charge >= 0.3 is 0 Å². The number of nitrogens with one attached hydrogen (secondary N) is 1. The summed E-state index contributed by atoms with van der Waals surface area (Å²) >= 11 is 6.16. The smallest absolute Gasteiger partial charge is 0.232 e. The molecule has 31 heavy (non-hydrogen) atoms. The normalized spacial score (nSPS) is 11.7. The first-order valence-electron chi connectivity index (χ1n) is 9.76. The first-order valence-corrected chi connectivity index (χ1v) is 12.0. The zero-order valence-corrected chi connectivity index (χ0v) is 18.4. The van der Waals surface area contributed by atoms with E-state index < -0.39 is 10.0 Å². The average Bonchev–Trinajstić information content (AvgIpc) is 3.09. The molecule has 0 fully saturated rings. The van der Waals surface area contributed by atoms with Crippen LogP contribution >= 0.6 is 11.6 Å². The van der Waals surface area contributed by atoms with Crippen LogP contribution < -0.4 is 9.62 Å². The Bertz CT molecular complexity index is 1360. The summed E-state index contributed by atoms with van der Waals surface area (Å²) in [6.07, 6.45) is 1.63. The van der Waals surface area contributed by atoms with Gasteiger partial charge in [0.25, 0.3) is 0 Å². The Morgan fingerprint density at radius 3 is 2.48 bits per heavy atom. The lowest BCUT2D eigenvalue weighted by Crippen LogP contribution is -2.31. The molecule has 1 amide bonds. The van der Waals surface area contributed by atoms with Gasteiger partial charge in [-0.3, -0.25) is 9.10 Å². The minimum Gasteiger partial charge on any atom is -0.456 e. The molecule has 8 heteroatoms. The van der Waals surface area contributed by atoms with Gasteiger partial charge < -0.3 is 9.73 Å². The summed E-state index contributed by atoms with van der Waals surface area (Å²) < 4.78 is 31.5. The summed E-state index contributed by atoms with van der Waals surface area (Å²) in [4.78, 5) is 12.4. The number of rotatable bonds is 7. The molecule has 0 unspecified atom stereocenters. The van der Waals surface area contributed by atoms with E-state index >= 15 is 0 Å². The molecule has 0 aliphatic rings. The number of para-hydroxylation sites is 2. The first-order chi connectivity index (χ1) is 14.8. The third-order valence-corrected chi connectivity index (χ3v) is 6.45. The first kappa shape index (κ1) is 21.2. The molecule has 1 N–H and O–H groups in total. The van der Waals surface area contributed by atoms with Crippen molar-refractivity contribution in [3.8, 4) is 0 Å². The van der Waals surface area contributed by atoms with E-state index in [1.54, 1.807) is 30.3 Å². The van der Waals surface area contributed by atoms with E-state index in [9.17, 15) is 13.2 Å². The van der Waals surface area contributed by atoms with Gasteiger partial charge in [-0.2, -0.15) is 0 Å². The van der Waals surface area contributed by atoms with Crippen LogP contribution in [0.5, 0.6) is 0 Å². The van der Waals surface area contributed by atoms with Crippen LogP contribution in [-0.4, -0.2) is 27.1 Å². The Labute approximate surface area is 185 Å². The van der Waals surface area contributed by atoms with Crippen molar-refractivity contribution in [3.05, 3.63) is 71.8 Å². The molecule has 0 saturated carbocycles. The molecular weight excluding hydrogens is 436 g/mol. The highest BCUT2D eigenvalue weighted by molar-refractivity contribution is 7.92. The zero-order chi connectivity index (χ0) is 22.0. The van der Waals surface area contributed by atoms with Crippen LogP contribution in [0.2, 0.25) is 5.02 Å². The predicted molar refractivity (Wildman–Crippen MR) is 125 cm³/mol. The standard InChI is InChI=1S/C23H21ClN2O4S/c1-31(28,29)26(20-9-4-3-8-19(20)24)14-6-11-23(27)25-16-12-13-18-17-7-2-5-10-21(17)30-22(18)15-16/h2-5,7-10,12-13,15H,6,11,14H2,1H3,(H,25,27). The van der Waals surface area contributed by atoms with Crippen LogP contribution in [0.1, 0.15) is 12.8 Å². The molecule has 0 aliphatic carbocycles. The van der Waals surface area contributed by atoms with Gasteiger partial charge in [0.1, 0.15) is 11.2 Å². The number of anilines is 2. The van der Waals surface area contributed by atoms with Gasteiger partial charge in [-0.1, -0.05) is 41.9 Å². The van der Waals surface area contributed by atoms with Crippen LogP contribution in [0.3, 0.4) is 0 Å². The molecule has 0 radical (unpaired) electrons. The summed E-state index contributed by atoms with van der Waals surface area (Å²) in [6.45, 7) is 0.151. The van der Waals surface area contributed by atoms with E-state index in [1.807, 2.05) is 36.4 Å². The highest BCUT2D eigenvalue weighted by atomic mass is 35.5. The van der Waals surface area contributed by atoms with Crippen molar-refractivity contribution < 1.29 is 17.6 Å².